The van der Waals surface area contributed by atoms with E-state index >= 15 is 0 Å². The Balaban J connectivity index is 1.99. The molecule has 118 valence electrons. The lowest BCUT2D eigenvalue weighted by atomic mass is 9.70. The van der Waals surface area contributed by atoms with Crippen molar-refractivity contribution < 1.29 is 0 Å². The fourth-order valence-corrected chi connectivity index (χ4v) is 4.97. The van der Waals surface area contributed by atoms with Gasteiger partial charge in [-0.2, -0.15) is 11.8 Å². The first-order valence-corrected chi connectivity index (χ1v) is 9.67. The number of hydrogen-bond donors (Lipinski definition) is 1. The topological polar surface area (TPSA) is 15.3 Å². The van der Waals surface area contributed by atoms with Crippen LogP contribution in [0.5, 0.6) is 0 Å². The highest BCUT2D eigenvalue weighted by molar-refractivity contribution is 8.00. The Bertz CT molecular complexity index is 281. The van der Waals surface area contributed by atoms with Crippen LogP contribution in [0.1, 0.15) is 53.4 Å². The molecule has 1 aliphatic heterocycles. The zero-order valence-electron chi connectivity index (χ0n) is 14.0. The third-order valence-electron chi connectivity index (χ3n) is 5.64. The van der Waals surface area contributed by atoms with Gasteiger partial charge in [-0.15, -0.1) is 0 Å². The monoisotopic (exact) mass is 298 g/mol. The quantitative estimate of drug-likeness (QED) is 0.834. The van der Waals surface area contributed by atoms with Crippen molar-refractivity contribution in [1.29, 1.82) is 0 Å². The van der Waals surface area contributed by atoms with E-state index in [1.54, 1.807) is 0 Å². The highest BCUT2D eigenvalue weighted by Gasteiger charge is 2.38. The van der Waals surface area contributed by atoms with Crippen molar-refractivity contribution in [2.45, 2.75) is 64.7 Å². The third-order valence-corrected chi connectivity index (χ3v) is 6.98. The van der Waals surface area contributed by atoms with Gasteiger partial charge in [-0.25, -0.2) is 0 Å². The average Bonchev–Trinajstić information content (AvgIpc) is 2.45. The van der Waals surface area contributed by atoms with Gasteiger partial charge in [-0.05, 0) is 37.6 Å². The van der Waals surface area contributed by atoms with Crippen LogP contribution in [0, 0.1) is 11.3 Å². The molecule has 2 aliphatic rings. The van der Waals surface area contributed by atoms with E-state index in [4.69, 9.17) is 0 Å². The largest absolute Gasteiger partial charge is 0.316 e. The van der Waals surface area contributed by atoms with E-state index in [0.717, 1.165) is 23.8 Å². The minimum Gasteiger partial charge on any atom is -0.316 e. The van der Waals surface area contributed by atoms with E-state index in [0.29, 0.717) is 5.41 Å². The van der Waals surface area contributed by atoms with E-state index in [1.807, 2.05) is 0 Å². The molecule has 0 bridgehead atoms. The number of rotatable bonds is 5. The molecule has 1 saturated heterocycles. The Morgan fingerprint density at radius 1 is 1.20 bits per heavy atom. The fraction of sp³-hybridized carbons (Fsp3) is 1.00. The number of nitrogens with one attached hydrogen (secondary N) is 1. The predicted molar refractivity (Wildman–Crippen MR) is 91.6 cm³/mol. The molecular formula is C17H34N2S. The molecule has 2 rings (SSSR count). The molecule has 2 unspecified atom stereocenters. The maximum atomic E-state index is 3.66. The first kappa shape index (κ1) is 16.6. The standard InChI is InChI=1S/C17H34N2S/c1-5-18-12-17(8-6-14(2)7-9-17)13-19-10-11-20-16(4)15(19)3/h14-16,18H,5-13H2,1-4H3. The van der Waals surface area contributed by atoms with Crippen molar-refractivity contribution >= 4 is 11.8 Å². The van der Waals surface area contributed by atoms with Gasteiger partial charge in [0, 0.05) is 36.7 Å². The Morgan fingerprint density at radius 3 is 2.55 bits per heavy atom. The molecule has 0 aromatic rings. The zero-order valence-corrected chi connectivity index (χ0v) is 14.8. The van der Waals surface area contributed by atoms with Gasteiger partial charge in [0.05, 0.1) is 0 Å². The zero-order chi connectivity index (χ0) is 14.6. The Kier molecular flexibility index (Phi) is 6.25. The maximum Gasteiger partial charge on any atom is 0.0184 e. The summed E-state index contributed by atoms with van der Waals surface area (Å²) >= 11 is 2.15. The first-order valence-electron chi connectivity index (χ1n) is 8.63. The van der Waals surface area contributed by atoms with Gasteiger partial charge in [-0.3, -0.25) is 4.90 Å². The van der Waals surface area contributed by atoms with Gasteiger partial charge in [-0.1, -0.05) is 33.6 Å². The average molecular weight is 299 g/mol. The van der Waals surface area contributed by atoms with Crippen molar-refractivity contribution in [3.05, 3.63) is 0 Å². The van der Waals surface area contributed by atoms with Gasteiger partial charge >= 0.3 is 0 Å². The van der Waals surface area contributed by atoms with E-state index in [1.165, 1.54) is 51.1 Å². The van der Waals surface area contributed by atoms with Crippen LogP contribution in [-0.4, -0.2) is 48.1 Å². The van der Waals surface area contributed by atoms with E-state index in [-0.39, 0.29) is 0 Å². The van der Waals surface area contributed by atoms with Crippen LogP contribution in [0.4, 0.5) is 0 Å². The summed E-state index contributed by atoms with van der Waals surface area (Å²) < 4.78 is 0. The summed E-state index contributed by atoms with van der Waals surface area (Å²) in [5, 5.41) is 4.45. The maximum absolute atomic E-state index is 3.66. The van der Waals surface area contributed by atoms with Crippen LogP contribution in [-0.2, 0) is 0 Å². The molecular weight excluding hydrogens is 264 g/mol. The molecule has 0 amide bonds. The Morgan fingerprint density at radius 2 is 1.90 bits per heavy atom. The molecule has 1 heterocycles. The van der Waals surface area contributed by atoms with Crippen LogP contribution in [0.2, 0.25) is 0 Å². The molecule has 0 spiro atoms. The smallest absolute Gasteiger partial charge is 0.0184 e. The summed E-state index contributed by atoms with van der Waals surface area (Å²) in [7, 11) is 0. The molecule has 3 heteroatoms. The SMILES string of the molecule is CCNCC1(CN2CCSC(C)C2C)CCC(C)CC1. The first-order chi connectivity index (χ1) is 9.56. The second kappa shape index (κ2) is 7.51. The second-order valence-corrected chi connectivity index (χ2v) is 8.73. The van der Waals surface area contributed by atoms with Crippen LogP contribution < -0.4 is 5.32 Å². The number of thioether (sulfide) groups is 1. The molecule has 1 N–H and O–H groups in total. The van der Waals surface area contributed by atoms with Crippen molar-refractivity contribution in [2.24, 2.45) is 11.3 Å². The lowest BCUT2D eigenvalue weighted by molar-refractivity contribution is 0.0687. The molecule has 2 fully saturated rings. The summed E-state index contributed by atoms with van der Waals surface area (Å²) in [6, 6.07) is 0.742. The van der Waals surface area contributed by atoms with Crippen LogP contribution in [0.25, 0.3) is 0 Å². The van der Waals surface area contributed by atoms with Gasteiger partial charge in [0.25, 0.3) is 0 Å². The minimum absolute atomic E-state index is 0.540. The summed E-state index contributed by atoms with van der Waals surface area (Å²) in [5.41, 5.74) is 0.540. The number of nitrogens with zero attached hydrogens (tertiary/aromatic N) is 1. The molecule has 20 heavy (non-hydrogen) atoms. The van der Waals surface area contributed by atoms with Gasteiger partial charge < -0.3 is 5.32 Å². The fourth-order valence-electron chi connectivity index (χ4n) is 3.80. The highest BCUT2D eigenvalue weighted by Crippen LogP contribution is 2.40. The molecule has 2 atom stereocenters. The van der Waals surface area contributed by atoms with Crippen molar-refractivity contribution in [1.82, 2.24) is 10.2 Å². The predicted octanol–water partition coefficient (Wildman–Crippen LogP) is 3.62. The summed E-state index contributed by atoms with van der Waals surface area (Å²) in [4.78, 5) is 2.79. The van der Waals surface area contributed by atoms with Crippen LogP contribution in [0.3, 0.4) is 0 Å². The highest BCUT2D eigenvalue weighted by atomic mass is 32.2. The van der Waals surface area contributed by atoms with Crippen LogP contribution in [0.15, 0.2) is 0 Å². The van der Waals surface area contributed by atoms with Crippen molar-refractivity contribution in [3.63, 3.8) is 0 Å². The van der Waals surface area contributed by atoms with Gasteiger partial charge in [0.1, 0.15) is 0 Å². The second-order valence-electron chi connectivity index (χ2n) is 7.25. The van der Waals surface area contributed by atoms with E-state index in [9.17, 15) is 0 Å². The third kappa shape index (κ3) is 4.14. The van der Waals surface area contributed by atoms with Crippen molar-refractivity contribution in [2.75, 3.05) is 31.9 Å². The Hall–Kier alpha value is 0.270. The van der Waals surface area contributed by atoms with Crippen LogP contribution >= 0.6 is 11.8 Å². The molecule has 0 radical (unpaired) electrons. The summed E-state index contributed by atoms with van der Waals surface area (Å²) in [5.74, 6) is 2.26. The molecule has 0 aromatic heterocycles. The van der Waals surface area contributed by atoms with E-state index in [2.05, 4.69) is 49.7 Å². The lowest BCUT2D eigenvalue weighted by Crippen LogP contribution is -2.52. The normalized spacial score (nSPS) is 39.9. The van der Waals surface area contributed by atoms with Gasteiger partial charge in [0.15, 0.2) is 0 Å². The molecule has 2 nitrogen and oxygen atoms in total. The summed E-state index contributed by atoms with van der Waals surface area (Å²) in [6.07, 6.45) is 5.70. The van der Waals surface area contributed by atoms with Gasteiger partial charge in [0.2, 0.25) is 0 Å². The molecule has 1 aliphatic carbocycles. The van der Waals surface area contributed by atoms with E-state index < -0.39 is 0 Å². The Labute approximate surface area is 130 Å². The minimum atomic E-state index is 0.540. The lowest BCUT2D eigenvalue weighted by Gasteiger charge is -2.47. The molecule has 1 saturated carbocycles. The van der Waals surface area contributed by atoms with Crippen molar-refractivity contribution in [3.8, 4) is 0 Å². The molecule has 0 aromatic carbocycles. The summed E-state index contributed by atoms with van der Waals surface area (Å²) in [6.45, 7) is 14.4. The number of hydrogen-bond acceptors (Lipinski definition) is 3.